The molecule has 2 N–H and O–H groups in total. The van der Waals surface area contributed by atoms with E-state index in [0.29, 0.717) is 35.4 Å². The lowest BCUT2D eigenvalue weighted by Gasteiger charge is -2.30. The third-order valence-corrected chi connectivity index (χ3v) is 4.47. The van der Waals surface area contributed by atoms with Crippen molar-refractivity contribution >= 4 is 5.91 Å². The topological polar surface area (TPSA) is 75.4 Å². The van der Waals surface area contributed by atoms with E-state index in [-0.39, 0.29) is 18.4 Å². The Morgan fingerprint density at radius 2 is 2.05 bits per heavy atom. The van der Waals surface area contributed by atoms with Crippen molar-refractivity contribution < 1.29 is 14.4 Å². The first-order valence-corrected chi connectivity index (χ1v) is 7.89. The van der Waals surface area contributed by atoms with E-state index in [1.807, 2.05) is 13.8 Å². The van der Waals surface area contributed by atoms with Gasteiger partial charge >= 0.3 is 0 Å². The Kier molecular flexibility index (Phi) is 5.39. The van der Waals surface area contributed by atoms with Crippen LogP contribution in [-0.4, -0.2) is 29.3 Å². The van der Waals surface area contributed by atoms with E-state index in [0.717, 1.165) is 12.8 Å². The molecule has 0 saturated heterocycles. The third kappa shape index (κ3) is 3.64. The molecular weight excluding hydrogens is 268 g/mol. The van der Waals surface area contributed by atoms with Crippen molar-refractivity contribution in [3.63, 3.8) is 0 Å². The molecule has 1 aliphatic rings. The normalized spacial score (nSPS) is 22.5. The largest absolute Gasteiger partial charge is 0.396 e. The fraction of sp³-hybridized carbons (Fsp3) is 0.750. The van der Waals surface area contributed by atoms with Gasteiger partial charge in [-0.05, 0) is 31.6 Å². The smallest absolute Gasteiger partial charge is 0.256 e. The van der Waals surface area contributed by atoms with Crippen molar-refractivity contribution in [2.24, 2.45) is 11.8 Å². The zero-order valence-electron chi connectivity index (χ0n) is 13.2. The van der Waals surface area contributed by atoms with Crippen LogP contribution in [0.15, 0.2) is 4.52 Å². The van der Waals surface area contributed by atoms with E-state index in [1.54, 1.807) is 6.92 Å². The standard InChI is InChI=1S/C16H26N2O3/c1-10(2)15-14(11(3)18-21-15)16(20)17-8-12-6-4-5-7-13(12)9-19/h10,12-13,19H,4-9H2,1-3H3,(H,17,20). The van der Waals surface area contributed by atoms with Gasteiger partial charge in [0.15, 0.2) is 5.76 Å². The number of carbonyl (C=O) groups is 1. The highest BCUT2D eigenvalue weighted by atomic mass is 16.5. The number of aromatic nitrogens is 1. The van der Waals surface area contributed by atoms with Crippen LogP contribution < -0.4 is 5.32 Å². The average molecular weight is 294 g/mol. The van der Waals surface area contributed by atoms with Crippen molar-refractivity contribution in [3.05, 3.63) is 17.0 Å². The molecule has 0 spiro atoms. The first kappa shape index (κ1) is 16.0. The van der Waals surface area contributed by atoms with Crippen LogP contribution in [0.5, 0.6) is 0 Å². The first-order chi connectivity index (χ1) is 10.0. The van der Waals surface area contributed by atoms with Crippen molar-refractivity contribution in [3.8, 4) is 0 Å². The molecule has 118 valence electrons. The molecule has 0 aromatic carbocycles. The third-order valence-electron chi connectivity index (χ3n) is 4.47. The van der Waals surface area contributed by atoms with E-state index >= 15 is 0 Å². The van der Waals surface area contributed by atoms with Gasteiger partial charge in [-0.2, -0.15) is 0 Å². The monoisotopic (exact) mass is 294 g/mol. The zero-order chi connectivity index (χ0) is 15.4. The molecule has 2 rings (SSSR count). The Morgan fingerprint density at radius 3 is 2.67 bits per heavy atom. The molecule has 21 heavy (non-hydrogen) atoms. The molecule has 1 aromatic rings. The number of nitrogens with zero attached hydrogens (tertiary/aromatic N) is 1. The van der Waals surface area contributed by atoms with Crippen LogP contribution in [-0.2, 0) is 0 Å². The molecule has 1 saturated carbocycles. The predicted octanol–water partition coefficient (Wildman–Crippen LogP) is 2.63. The van der Waals surface area contributed by atoms with E-state index in [1.165, 1.54) is 12.8 Å². The second-order valence-electron chi connectivity index (χ2n) is 6.36. The number of rotatable bonds is 5. The van der Waals surface area contributed by atoms with Gasteiger partial charge in [0.25, 0.3) is 5.91 Å². The maximum absolute atomic E-state index is 12.4. The van der Waals surface area contributed by atoms with Crippen LogP contribution in [0.4, 0.5) is 0 Å². The molecule has 0 radical (unpaired) electrons. The van der Waals surface area contributed by atoms with E-state index in [4.69, 9.17) is 4.52 Å². The van der Waals surface area contributed by atoms with Gasteiger partial charge in [0.2, 0.25) is 0 Å². The van der Waals surface area contributed by atoms with Gasteiger partial charge in [-0.25, -0.2) is 0 Å². The minimum absolute atomic E-state index is 0.111. The quantitative estimate of drug-likeness (QED) is 0.875. The highest BCUT2D eigenvalue weighted by Gasteiger charge is 2.27. The number of aryl methyl sites for hydroxylation is 1. The summed E-state index contributed by atoms with van der Waals surface area (Å²) in [7, 11) is 0. The van der Waals surface area contributed by atoms with Gasteiger partial charge in [-0.1, -0.05) is 31.8 Å². The van der Waals surface area contributed by atoms with Gasteiger partial charge < -0.3 is 14.9 Å². The number of carbonyl (C=O) groups excluding carboxylic acids is 1. The molecule has 1 amide bonds. The summed E-state index contributed by atoms with van der Waals surface area (Å²) in [6.07, 6.45) is 4.49. The summed E-state index contributed by atoms with van der Waals surface area (Å²) in [5.41, 5.74) is 1.21. The van der Waals surface area contributed by atoms with E-state index < -0.39 is 0 Å². The predicted molar refractivity (Wildman–Crippen MR) is 80.2 cm³/mol. The lowest BCUT2D eigenvalue weighted by atomic mass is 9.79. The van der Waals surface area contributed by atoms with Crippen molar-refractivity contribution in [1.29, 1.82) is 0 Å². The fourth-order valence-corrected chi connectivity index (χ4v) is 3.16. The fourth-order valence-electron chi connectivity index (χ4n) is 3.16. The number of aliphatic hydroxyl groups excluding tert-OH is 1. The molecular formula is C16H26N2O3. The molecule has 1 aliphatic carbocycles. The molecule has 1 fully saturated rings. The van der Waals surface area contributed by atoms with Gasteiger partial charge in [0.05, 0.1) is 5.69 Å². The Bertz CT molecular complexity index is 482. The van der Waals surface area contributed by atoms with Crippen LogP contribution in [0, 0.1) is 18.8 Å². The Labute approximate surface area is 126 Å². The molecule has 5 heteroatoms. The number of amides is 1. The molecule has 2 atom stereocenters. The van der Waals surface area contributed by atoms with Crippen LogP contribution in [0.1, 0.15) is 67.3 Å². The minimum Gasteiger partial charge on any atom is -0.396 e. The molecule has 1 heterocycles. The Hall–Kier alpha value is -1.36. The molecule has 0 bridgehead atoms. The van der Waals surface area contributed by atoms with Crippen molar-refractivity contribution in [2.75, 3.05) is 13.2 Å². The number of nitrogens with one attached hydrogen (secondary N) is 1. The highest BCUT2D eigenvalue weighted by molar-refractivity contribution is 5.96. The first-order valence-electron chi connectivity index (χ1n) is 7.89. The van der Waals surface area contributed by atoms with Crippen molar-refractivity contribution in [2.45, 2.75) is 52.4 Å². The second kappa shape index (κ2) is 7.07. The maximum atomic E-state index is 12.4. The van der Waals surface area contributed by atoms with Crippen molar-refractivity contribution in [1.82, 2.24) is 10.5 Å². The van der Waals surface area contributed by atoms with E-state index in [9.17, 15) is 9.90 Å². The van der Waals surface area contributed by atoms with Crippen LogP contribution in [0.25, 0.3) is 0 Å². The SMILES string of the molecule is Cc1noc(C(C)C)c1C(=O)NCC1CCCCC1CO. The van der Waals surface area contributed by atoms with Crippen LogP contribution in [0.2, 0.25) is 0 Å². The summed E-state index contributed by atoms with van der Waals surface area (Å²) < 4.78 is 5.26. The second-order valence-corrected chi connectivity index (χ2v) is 6.36. The zero-order valence-corrected chi connectivity index (χ0v) is 13.2. The van der Waals surface area contributed by atoms with Gasteiger partial charge in [-0.3, -0.25) is 4.79 Å². The summed E-state index contributed by atoms with van der Waals surface area (Å²) in [6, 6.07) is 0. The van der Waals surface area contributed by atoms with Gasteiger partial charge in [0, 0.05) is 19.1 Å². The maximum Gasteiger partial charge on any atom is 0.256 e. The lowest BCUT2D eigenvalue weighted by Crippen LogP contribution is -2.36. The summed E-state index contributed by atoms with van der Waals surface area (Å²) >= 11 is 0. The molecule has 0 aliphatic heterocycles. The summed E-state index contributed by atoms with van der Waals surface area (Å²) in [5, 5.41) is 16.3. The van der Waals surface area contributed by atoms with E-state index in [2.05, 4.69) is 10.5 Å². The summed E-state index contributed by atoms with van der Waals surface area (Å²) in [6.45, 7) is 6.59. The van der Waals surface area contributed by atoms with Gasteiger partial charge in [0.1, 0.15) is 5.56 Å². The highest BCUT2D eigenvalue weighted by Crippen LogP contribution is 2.29. The average Bonchev–Trinajstić information content (AvgIpc) is 2.87. The Balaban J connectivity index is 2.00. The lowest BCUT2D eigenvalue weighted by molar-refractivity contribution is 0.0906. The minimum atomic E-state index is -0.111. The molecule has 5 nitrogen and oxygen atoms in total. The Morgan fingerprint density at radius 1 is 1.38 bits per heavy atom. The number of aliphatic hydroxyl groups is 1. The summed E-state index contributed by atoms with van der Waals surface area (Å²) in [5.74, 6) is 1.35. The van der Waals surface area contributed by atoms with Crippen LogP contribution >= 0.6 is 0 Å². The molecule has 2 unspecified atom stereocenters. The molecule has 1 aromatic heterocycles. The summed E-state index contributed by atoms with van der Waals surface area (Å²) in [4.78, 5) is 12.4. The van der Waals surface area contributed by atoms with Gasteiger partial charge in [-0.15, -0.1) is 0 Å². The number of hydrogen-bond donors (Lipinski definition) is 2. The number of hydrogen-bond acceptors (Lipinski definition) is 4. The van der Waals surface area contributed by atoms with Crippen LogP contribution in [0.3, 0.4) is 0 Å².